The number of amides is 1. The molecule has 1 heterocycles. The van der Waals surface area contributed by atoms with Gasteiger partial charge in [-0.15, -0.1) is 0 Å². The van der Waals surface area contributed by atoms with Gasteiger partial charge in [0.1, 0.15) is 0 Å². The zero-order chi connectivity index (χ0) is 15.3. The number of carboxylic acids is 1. The van der Waals surface area contributed by atoms with Crippen LogP contribution in [0.4, 0.5) is 13.2 Å². The molecule has 7 heteroatoms. The van der Waals surface area contributed by atoms with Crippen molar-refractivity contribution in [2.24, 2.45) is 17.8 Å². The van der Waals surface area contributed by atoms with Crippen LogP contribution in [0.5, 0.6) is 0 Å². The largest absolute Gasteiger partial charge is 0.481 e. The maximum Gasteiger partial charge on any atom is 0.394 e. The molecule has 0 radical (unpaired) electrons. The Kier molecular flexibility index (Phi) is 3.50. The van der Waals surface area contributed by atoms with E-state index in [0.29, 0.717) is 12.8 Å². The van der Waals surface area contributed by atoms with Gasteiger partial charge in [-0.3, -0.25) is 9.59 Å². The number of hydrogen-bond acceptors (Lipinski definition) is 2. The molecular weight excluding hydrogens is 275 g/mol. The van der Waals surface area contributed by atoms with Crippen molar-refractivity contribution < 1.29 is 27.9 Å². The molecule has 1 aliphatic carbocycles. The highest BCUT2D eigenvalue weighted by molar-refractivity contribution is 5.87. The number of aliphatic carboxylic acids is 1. The van der Waals surface area contributed by atoms with Gasteiger partial charge in [-0.1, -0.05) is 0 Å². The Morgan fingerprint density at radius 3 is 2.05 bits per heavy atom. The van der Waals surface area contributed by atoms with Gasteiger partial charge in [0.05, 0.1) is 17.8 Å². The molecule has 0 aromatic heterocycles. The predicted octanol–water partition coefficient (Wildman–Crippen LogP) is 2.29. The number of likely N-dealkylation sites (tertiary alicyclic amines) is 1. The second-order valence-electron chi connectivity index (χ2n) is 6.15. The van der Waals surface area contributed by atoms with Gasteiger partial charge in [-0.05, 0) is 33.1 Å². The predicted molar refractivity (Wildman–Crippen MR) is 63.8 cm³/mol. The second-order valence-corrected chi connectivity index (χ2v) is 6.15. The van der Waals surface area contributed by atoms with Crippen molar-refractivity contribution in [3.8, 4) is 0 Å². The molecule has 20 heavy (non-hydrogen) atoms. The van der Waals surface area contributed by atoms with Crippen molar-refractivity contribution in [2.45, 2.75) is 44.8 Å². The minimum atomic E-state index is -4.34. The molecule has 1 saturated carbocycles. The standard InChI is InChI=1S/C13H18F3NO3/c1-12(2)9(13(14,15)16)5-6-17(12)10(18)7-3-4-8(7)11(19)20/h7-9H,3-6H2,1-2H3,(H,19,20). The lowest BCUT2D eigenvalue weighted by molar-refractivity contribution is -0.194. The van der Waals surface area contributed by atoms with E-state index >= 15 is 0 Å². The third-order valence-corrected chi connectivity index (χ3v) is 4.76. The Morgan fingerprint density at radius 1 is 1.15 bits per heavy atom. The number of hydrogen-bond donors (Lipinski definition) is 1. The van der Waals surface area contributed by atoms with E-state index in [9.17, 15) is 22.8 Å². The van der Waals surface area contributed by atoms with Crippen molar-refractivity contribution in [2.75, 3.05) is 6.54 Å². The molecule has 2 rings (SSSR count). The Bertz CT molecular complexity index is 433. The highest BCUT2D eigenvalue weighted by Gasteiger charge is 2.57. The van der Waals surface area contributed by atoms with Gasteiger partial charge in [0.15, 0.2) is 0 Å². The van der Waals surface area contributed by atoms with Crippen LogP contribution in [0.25, 0.3) is 0 Å². The summed E-state index contributed by atoms with van der Waals surface area (Å²) in [5.74, 6) is -4.45. The van der Waals surface area contributed by atoms with E-state index in [1.165, 1.54) is 18.7 Å². The van der Waals surface area contributed by atoms with Crippen LogP contribution in [0.3, 0.4) is 0 Å². The lowest BCUT2D eigenvalue weighted by Crippen LogP contribution is -2.54. The van der Waals surface area contributed by atoms with Gasteiger partial charge in [-0.2, -0.15) is 13.2 Å². The topological polar surface area (TPSA) is 57.6 Å². The molecule has 1 amide bonds. The molecule has 2 aliphatic rings. The second kappa shape index (κ2) is 4.63. The van der Waals surface area contributed by atoms with Crippen LogP contribution in [0.1, 0.15) is 33.1 Å². The van der Waals surface area contributed by atoms with E-state index in [1.807, 2.05) is 0 Å². The Morgan fingerprint density at radius 2 is 1.70 bits per heavy atom. The van der Waals surface area contributed by atoms with Gasteiger partial charge in [0, 0.05) is 12.1 Å². The van der Waals surface area contributed by atoms with E-state index in [-0.39, 0.29) is 13.0 Å². The number of alkyl halides is 3. The van der Waals surface area contributed by atoms with Gasteiger partial charge in [-0.25, -0.2) is 0 Å². The number of carboxylic acid groups (broad SMARTS) is 1. The van der Waals surface area contributed by atoms with E-state index in [0.717, 1.165) is 0 Å². The summed E-state index contributed by atoms with van der Waals surface area (Å²) >= 11 is 0. The molecule has 0 spiro atoms. The smallest absolute Gasteiger partial charge is 0.394 e. The summed E-state index contributed by atoms with van der Waals surface area (Å²) in [6.07, 6.45) is -3.60. The first kappa shape index (κ1) is 15.1. The van der Waals surface area contributed by atoms with Gasteiger partial charge in [0.2, 0.25) is 5.91 Å². The molecule has 3 atom stereocenters. The quantitative estimate of drug-likeness (QED) is 0.850. The van der Waals surface area contributed by atoms with E-state index in [2.05, 4.69) is 0 Å². The molecule has 2 fully saturated rings. The minimum Gasteiger partial charge on any atom is -0.481 e. The monoisotopic (exact) mass is 293 g/mol. The van der Waals surface area contributed by atoms with Gasteiger partial charge < -0.3 is 10.0 Å². The summed E-state index contributed by atoms with van der Waals surface area (Å²) in [5.41, 5.74) is -1.31. The van der Waals surface area contributed by atoms with Gasteiger partial charge >= 0.3 is 12.1 Å². The highest BCUT2D eigenvalue weighted by Crippen LogP contribution is 2.47. The maximum absolute atomic E-state index is 13.0. The van der Waals surface area contributed by atoms with Crippen LogP contribution in [0.15, 0.2) is 0 Å². The zero-order valence-electron chi connectivity index (χ0n) is 11.4. The van der Waals surface area contributed by atoms with Crippen LogP contribution in [-0.4, -0.2) is 40.1 Å². The molecule has 0 aromatic carbocycles. The van der Waals surface area contributed by atoms with Crippen molar-refractivity contribution >= 4 is 11.9 Å². The van der Waals surface area contributed by atoms with Crippen molar-refractivity contribution in [3.05, 3.63) is 0 Å². The van der Waals surface area contributed by atoms with Crippen LogP contribution in [-0.2, 0) is 9.59 Å². The summed E-state index contributed by atoms with van der Waals surface area (Å²) in [6.45, 7) is 2.86. The summed E-state index contributed by atoms with van der Waals surface area (Å²) in [4.78, 5) is 24.5. The Balaban J connectivity index is 2.14. The third-order valence-electron chi connectivity index (χ3n) is 4.76. The zero-order valence-corrected chi connectivity index (χ0v) is 11.4. The van der Waals surface area contributed by atoms with Crippen molar-refractivity contribution in [1.82, 2.24) is 4.90 Å². The molecular formula is C13H18F3NO3. The molecule has 0 bridgehead atoms. The van der Waals surface area contributed by atoms with Crippen LogP contribution >= 0.6 is 0 Å². The Labute approximate surface area is 114 Å². The molecule has 1 aliphatic heterocycles. The van der Waals surface area contributed by atoms with Crippen LogP contribution in [0, 0.1) is 17.8 Å². The first-order chi connectivity index (χ1) is 9.06. The number of carbonyl (C=O) groups excluding carboxylic acids is 1. The highest BCUT2D eigenvalue weighted by atomic mass is 19.4. The molecule has 4 nitrogen and oxygen atoms in total. The lowest BCUT2D eigenvalue weighted by Gasteiger charge is -2.42. The van der Waals surface area contributed by atoms with Gasteiger partial charge in [0.25, 0.3) is 0 Å². The summed E-state index contributed by atoms with van der Waals surface area (Å²) in [7, 11) is 0. The summed E-state index contributed by atoms with van der Waals surface area (Å²) in [6, 6.07) is 0. The van der Waals surface area contributed by atoms with Crippen LogP contribution < -0.4 is 0 Å². The fourth-order valence-electron chi connectivity index (χ4n) is 3.34. The molecule has 0 aromatic rings. The number of nitrogens with zero attached hydrogens (tertiary/aromatic N) is 1. The Hall–Kier alpha value is -1.27. The lowest BCUT2D eigenvalue weighted by atomic mass is 9.72. The number of rotatable bonds is 2. The molecule has 114 valence electrons. The average Bonchev–Trinajstić information content (AvgIpc) is 2.49. The molecule has 3 unspecified atom stereocenters. The average molecular weight is 293 g/mol. The maximum atomic E-state index is 13.0. The van der Waals surface area contributed by atoms with E-state index in [4.69, 9.17) is 5.11 Å². The SMILES string of the molecule is CC1(C)C(C(F)(F)F)CCN1C(=O)C1CCC1C(=O)O. The minimum absolute atomic E-state index is 0.0405. The summed E-state index contributed by atoms with van der Waals surface area (Å²) in [5, 5.41) is 8.96. The fraction of sp³-hybridized carbons (Fsp3) is 0.846. The molecule has 1 N–H and O–H groups in total. The van der Waals surface area contributed by atoms with E-state index in [1.54, 1.807) is 0 Å². The first-order valence-electron chi connectivity index (χ1n) is 6.68. The fourth-order valence-corrected chi connectivity index (χ4v) is 3.34. The van der Waals surface area contributed by atoms with Crippen molar-refractivity contribution in [3.63, 3.8) is 0 Å². The van der Waals surface area contributed by atoms with Crippen LogP contribution in [0.2, 0.25) is 0 Å². The first-order valence-corrected chi connectivity index (χ1v) is 6.68. The normalized spacial score (nSPS) is 32.9. The molecule has 1 saturated heterocycles. The van der Waals surface area contributed by atoms with E-state index < -0.39 is 41.3 Å². The number of halogens is 3. The third kappa shape index (κ3) is 2.27. The van der Waals surface area contributed by atoms with Crippen molar-refractivity contribution in [1.29, 1.82) is 0 Å². The number of carbonyl (C=O) groups is 2. The summed E-state index contributed by atoms with van der Waals surface area (Å²) < 4.78 is 38.9.